The van der Waals surface area contributed by atoms with Gasteiger partial charge in [-0.05, 0) is 30.9 Å². The van der Waals surface area contributed by atoms with E-state index in [9.17, 15) is 4.79 Å². The second-order valence-corrected chi connectivity index (χ2v) is 3.86. The number of aryl methyl sites for hydroxylation is 1. The molecule has 0 spiro atoms. The van der Waals surface area contributed by atoms with Crippen LogP contribution in [0.4, 0.5) is 4.79 Å². The van der Waals surface area contributed by atoms with E-state index in [1.165, 1.54) is 10.6 Å². The molecule has 4 nitrogen and oxygen atoms in total. The Labute approximate surface area is 95.0 Å². The molecule has 1 aromatic rings. The molecule has 1 aliphatic rings. The van der Waals surface area contributed by atoms with E-state index in [-0.39, 0.29) is 6.04 Å². The molecule has 0 fully saturated rings. The summed E-state index contributed by atoms with van der Waals surface area (Å²) in [5.74, 6) is 5.78. The lowest BCUT2D eigenvalue weighted by molar-refractivity contribution is 0.0899. The van der Waals surface area contributed by atoms with E-state index < -0.39 is 6.09 Å². The molecule has 2 rings (SSSR count). The molecule has 0 aliphatic heterocycles. The third kappa shape index (κ3) is 1.88. The Hall–Kier alpha value is -1.55. The van der Waals surface area contributed by atoms with Gasteiger partial charge >= 0.3 is 6.09 Å². The van der Waals surface area contributed by atoms with Crippen molar-refractivity contribution in [1.29, 1.82) is 0 Å². The minimum atomic E-state index is -0.454. The predicted molar refractivity (Wildman–Crippen MR) is 60.6 cm³/mol. The Bertz CT molecular complexity index is 392. The van der Waals surface area contributed by atoms with Crippen LogP contribution in [0.5, 0.6) is 0 Å². The minimum Gasteiger partial charge on any atom is -0.449 e. The summed E-state index contributed by atoms with van der Waals surface area (Å²) < 4.78 is 4.89. The molecule has 1 unspecified atom stereocenters. The number of carbonyl (C=O) groups excluding carboxylic acids is 1. The first-order chi connectivity index (χ1) is 7.74. The molecule has 0 aromatic heterocycles. The number of ether oxygens (including phenoxy) is 1. The summed E-state index contributed by atoms with van der Waals surface area (Å²) in [7, 11) is 0. The van der Waals surface area contributed by atoms with Gasteiger partial charge in [-0.1, -0.05) is 24.3 Å². The highest BCUT2D eigenvalue weighted by molar-refractivity contribution is 5.67. The third-order valence-electron chi connectivity index (χ3n) is 2.92. The minimum absolute atomic E-state index is 0.0461. The van der Waals surface area contributed by atoms with Gasteiger partial charge < -0.3 is 4.74 Å². The Morgan fingerprint density at radius 2 is 2.31 bits per heavy atom. The fourth-order valence-corrected chi connectivity index (χ4v) is 2.15. The highest BCUT2D eigenvalue weighted by Crippen LogP contribution is 2.34. The summed E-state index contributed by atoms with van der Waals surface area (Å²) in [6.45, 7) is 2.12. The zero-order chi connectivity index (χ0) is 11.5. The molecule has 0 saturated heterocycles. The number of nitrogens with zero attached hydrogens (tertiary/aromatic N) is 1. The van der Waals surface area contributed by atoms with E-state index in [0.717, 1.165) is 18.4 Å². The SMILES string of the molecule is CCOC(=O)N(N)C1CCc2ccccc21. The lowest BCUT2D eigenvalue weighted by atomic mass is 10.1. The van der Waals surface area contributed by atoms with Gasteiger partial charge in [-0.15, -0.1) is 0 Å². The second-order valence-electron chi connectivity index (χ2n) is 3.86. The van der Waals surface area contributed by atoms with Crippen LogP contribution in [0, 0.1) is 0 Å². The van der Waals surface area contributed by atoms with E-state index in [2.05, 4.69) is 6.07 Å². The van der Waals surface area contributed by atoms with Crippen molar-refractivity contribution in [2.45, 2.75) is 25.8 Å². The van der Waals surface area contributed by atoms with Crippen LogP contribution in [0.1, 0.15) is 30.5 Å². The van der Waals surface area contributed by atoms with Gasteiger partial charge in [0.2, 0.25) is 0 Å². The van der Waals surface area contributed by atoms with E-state index in [0.29, 0.717) is 6.61 Å². The molecule has 0 radical (unpaired) electrons. The molecule has 86 valence electrons. The van der Waals surface area contributed by atoms with Gasteiger partial charge in [0.15, 0.2) is 0 Å². The molecule has 1 aromatic carbocycles. The quantitative estimate of drug-likeness (QED) is 0.471. The molecule has 16 heavy (non-hydrogen) atoms. The van der Waals surface area contributed by atoms with Gasteiger partial charge in [-0.3, -0.25) is 0 Å². The van der Waals surface area contributed by atoms with Crippen molar-refractivity contribution in [3.63, 3.8) is 0 Å². The number of benzene rings is 1. The van der Waals surface area contributed by atoms with Gasteiger partial charge in [0.05, 0.1) is 12.6 Å². The molecular weight excluding hydrogens is 204 g/mol. The zero-order valence-corrected chi connectivity index (χ0v) is 9.35. The predicted octanol–water partition coefficient (Wildman–Crippen LogP) is 2.01. The first kappa shape index (κ1) is 11.0. The van der Waals surface area contributed by atoms with Crippen LogP contribution in [0.2, 0.25) is 0 Å². The summed E-state index contributed by atoms with van der Waals surface area (Å²) in [6, 6.07) is 8.03. The van der Waals surface area contributed by atoms with Crippen molar-refractivity contribution in [1.82, 2.24) is 5.01 Å². The zero-order valence-electron chi connectivity index (χ0n) is 9.35. The van der Waals surface area contributed by atoms with Crippen molar-refractivity contribution in [2.75, 3.05) is 6.61 Å². The third-order valence-corrected chi connectivity index (χ3v) is 2.92. The first-order valence-electron chi connectivity index (χ1n) is 5.52. The van der Waals surface area contributed by atoms with E-state index in [1.807, 2.05) is 18.2 Å². The molecule has 0 bridgehead atoms. The van der Waals surface area contributed by atoms with Crippen LogP contribution >= 0.6 is 0 Å². The van der Waals surface area contributed by atoms with Gasteiger partial charge in [-0.25, -0.2) is 15.6 Å². The topological polar surface area (TPSA) is 55.6 Å². The fraction of sp³-hybridized carbons (Fsp3) is 0.417. The van der Waals surface area contributed by atoms with E-state index >= 15 is 0 Å². The molecule has 1 atom stereocenters. The van der Waals surface area contributed by atoms with Gasteiger partial charge in [0.25, 0.3) is 0 Å². The van der Waals surface area contributed by atoms with E-state index in [4.69, 9.17) is 10.6 Å². The molecule has 0 heterocycles. The maximum atomic E-state index is 11.5. The number of carbonyl (C=O) groups is 1. The van der Waals surface area contributed by atoms with Crippen LogP contribution in [0.25, 0.3) is 0 Å². The standard InChI is InChI=1S/C12H16N2O2/c1-2-16-12(15)14(13)11-8-7-9-5-3-4-6-10(9)11/h3-6,11H,2,7-8,13H2,1H3. The van der Waals surface area contributed by atoms with Crippen molar-refractivity contribution in [3.05, 3.63) is 35.4 Å². The summed E-state index contributed by atoms with van der Waals surface area (Å²) in [5, 5.41) is 1.20. The average Bonchev–Trinajstić information content (AvgIpc) is 2.72. The van der Waals surface area contributed by atoms with Gasteiger partial charge in [0, 0.05) is 0 Å². The van der Waals surface area contributed by atoms with Gasteiger partial charge in [0.1, 0.15) is 0 Å². The van der Waals surface area contributed by atoms with Crippen molar-refractivity contribution >= 4 is 6.09 Å². The van der Waals surface area contributed by atoms with Crippen molar-refractivity contribution in [2.24, 2.45) is 5.84 Å². The Morgan fingerprint density at radius 3 is 3.06 bits per heavy atom. The maximum absolute atomic E-state index is 11.5. The molecule has 1 amide bonds. The number of hydrazine groups is 1. The normalized spacial score (nSPS) is 18.0. The smallest absolute Gasteiger partial charge is 0.424 e. The van der Waals surface area contributed by atoms with E-state index in [1.54, 1.807) is 6.92 Å². The maximum Gasteiger partial charge on any atom is 0.424 e. The van der Waals surface area contributed by atoms with Crippen LogP contribution < -0.4 is 5.84 Å². The lowest BCUT2D eigenvalue weighted by Gasteiger charge is -2.23. The summed E-state index contributed by atoms with van der Waals surface area (Å²) in [6.07, 6.45) is 1.38. The van der Waals surface area contributed by atoms with Crippen LogP contribution in [-0.2, 0) is 11.2 Å². The molecular formula is C12H16N2O2. The number of rotatable bonds is 2. The highest BCUT2D eigenvalue weighted by atomic mass is 16.6. The lowest BCUT2D eigenvalue weighted by Crippen LogP contribution is -2.40. The van der Waals surface area contributed by atoms with Crippen molar-refractivity contribution in [3.8, 4) is 0 Å². The summed E-state index contributed by atoms with van der Waals surface area (Å²) in [5.41, 5.74) is 2.41. The first-order valence-corrected chi connectivity index (χ1v) is 5.52. The number of nitrogens with two attached hydrogens (primary N) is 1. The van der Waals surface area contributed by atoms with Crippen LogP contribution in [0.15, 0.2) is 24.3 Å². The monoisotopic (exact) mass is 220 g/mol. The average molecular weight is 220 g/mol. The Morgan fingerprint density at radius 1 is 1.56 bits per heavy atom. The Balaban J connectivity index is 2.15. The number of hydrogen-bond acceptors (Lipinski definition) is 3. The fourth-order valence-electron chi connectivity index (χ4n) is 2.15. The van der Waals surface area contributed by atoms with Gasteiger partial charge in [-0.2, -0.15) is 0 Å². The summed E-state index contributed by atoms with van der Waals surface area (Å²) in [4.78, 5) is 11.5. The molecule has 1 aliphatic carbocycles. The molecule has 2 N–H and O–H groups in total. The highest BCUT2D eigenvalue weighted by Gasteiger charge is 2.29. The molecule has 4 heteroatoms. The largest absolute Gasteiger partial charge is 0.449 e. The Kier molecular flexibility index (Phi) is 3.10. The van der Waals surface area contributed by atoms with Crippen LogP contribution in [-0.4, -0.2) is 17.7 Å². The van der Waals surface area contributed by atoms with Crippen molar-refractivity contribution < 1.29 is 9.53 Å². The number of amides is 1. The molecule has 0 saturated carbocycles. The summed E-state index contributed by atoms with van der Waals surface area (Å²) >= 11 is 0. The number of hydrogen-bond donors (Lipinski definition) is 1. The second kappa shape index (κ2) is 4.53. The van der Waals surface area contributed by atoms with Crippen LogP contribution in [0.3, 0.4) is 0 Å². The number of fused-ring (bicyclic) bond motifs is 1.